The zero-order valence-electron chi connectivity index (χ0n) is 17.6. The SMILES string of the molecule is CCCOc1ccc(/C=C/C(=O)Nc2ccc(Cn3ccnc3C)cc2)cc1OC. The third-order valence-electron chi connectivity index (χ3n) is 4.57. The molecule has 0 aliphatic heterocycles. The van der Waals surface area contributed by atoms with Gasteiger partial charge in [-0.25, -0.2) is 4.98 Å². The first-order valence-electron chi connectivity index (χ1n) is 9.95. The quantitative estimate of drug-likeness (QED) is 0.525. The summed E-state index contributed by atoms with van der Waals surface area (Å²) < 4.78 is 13.1. The first-order chi connectivity index (χ1) is 14.6. The summed E-state index contributed by atoms with van der Waals surface area (Å²) in [7, 11) is 1.60. The lowest BCUT2D eigenvalue weighted by Gasteiger charge is -2.10. The summed E-state index contributed by atoms with van der Waals surface area (Å²) >= 11 is 0. The van der Waals surface area contributed by atoms with Crippen molar-refractivity contribution in [2.45, 2.75) is 26.8 Å². The third kappa shape index (κ3) is 5.73. The minimum Gasteiger partial charge on any atom is -0.493 e. The number of anilines is 1. The van der Waals surface area contributed by atoms with Gasteiger partial charge in [0, 0.05) is 30.7 Å². The summed E-state index contributed by atoms with van der Waals surface area (Å²) in [6.45, 7) is 5.41. The molecule has 0 saturated heterocycles. The van der Waals surface area contributed by atoms with E-state index < -0.39 is 0 Å². The van der Waals surface area contributed by atoms with Crippen LogP contribution in [0.3, 0.4) is 0 Å². The van der Waals surface area contributed by atoms with Gasteiger partial charge in [-0.1, -0.05) is 25.1 Å². The van der Waals surface area contributed by atoms with E-state index >= 15 is 0 Å². The molecule has 6 heteroatoms. The highest BCUT2D eigenvalue weighted by atomic mass is 16.5. The Kier molecular flexibility index (Phi) is 7.27. The number of amides is 1. The van der Waals surface area contributed by atoms with Crippen LogP contribution in [0.15, 0.2) is 60.9 Å². The van der Waals surface area contributed by atoms with E-state index in [1.165, 1.54) is 6.08 Å². The fourth-order valence-electron chi connectivity index (χ4n) is 2.94. The number of hydrogen-bond donors (Lipinski definition) is 1. The number of nitrogens with zero attached hydrogens (tertiary/aromatic N) is 2. The number of methoxy groups -OCH3 is 1. The molecule has 0 atom stereocenters. The molecule has 30 heavy (non-hydrogen) atoms. The Labute approximate surface area is 177 Å². The van der Waals surface area contributed by atoms with E-state index in [1.807, 2.05) is 55.6 Å². The summed E-state index contributed by atoms with van der Waals surface area (Å²) in [5, 5.41) is 2.88. The minimum absolute atomic E-state index is 0.196. The van der Waals surface area contributed by atoms with Crippen LogP contribution in [0.4, 0.5) is 5.69 Å². The van der Waals surface area contributed by atoms with E-state index in [9.17, 15) is 4.79 Å². The maximum absolute atomic E-state index is 12.3. The second-order valence-electron chi connectivity index (χ2n) is 6.88. The Morgan fingerprint density at radius 1 is 1.17 bits per heavy atom. The summed E-state index contributed by atoms with van der Waals surface area (Å²) in [4.78, 5) is 16.5. The number of benzene rings is 2. The Balaban J connectivity index is 1.58. The molecular weight excluding hydrogens is 378 g/mol. The molecule has 0 spiro atoms. The van der Waals surface area contributed by atoms with Crippen LogP contribution in [0, 0.1) is 6.92 Å². The van der Waals surface area contributed by atoms with Crippen LogP contribution in [0.25, 0.3) is 6.08 Å². The van der Waals surface area contributed by atoms with Crippen LogP contribution in [0.2, 0.25) is 0 Å². The Morgan fingerprint density at radius 3 is 2.63 bits per heavy atom. The maximum atomic E-state index is 12.3. The van der Waals surface area contributed by atoms with Gasteiger partial charge in [0.2, 0.25) is 5.91 Å². The van der Waals surface area contributed by atoms with Gasteiger partial charge in [0.15, 0.2) is 11.5 Å². The van der Waals surface area contributed by atoms with Crippen LogP contribution in [0.5, 0.6) is 11.5 Å². The summed E-state index contributed by atoms with van der Waals surface area (Å²) in [6, 6.07) is 13.4. The topological polar surface area (TPSA) is 65.4 Å². The van der Waals surface area contributed by atoms with E-state index in [-0.39, 0.29) is 5.91 Å². The van der Waals surface area contributed by atoms with Crippen LogP contribution in [0.1, 0.15) is 30.3 Å². The number of hydrogen-bond acceptors (Lipinski definition) is 4. The average molecular weight is 405 g/mol. The van der Waals surface area contributed by atoms with Gasteiger partial charge in [-0.15, -0.1) is 0 Å². The Hall–Kier alpha value is -3.54. The molecule has 3 rings (SSSR count). The zero-order chi connectivity index (χ0) is 21.3. The van der Waals surface area contributed by atoms with Crippen LogP contribution < -0.4 is 14.8 Å². The summed E-state index contributed by atoms with van der Waals surface area (Å²) in [6.07, 6.45) is 7.92. The van der Waals surface area contributed by atoms with Crippen LogP contribution in [-0.2, 0) is 11.3 Å². The molecule has 0 saturated carbocycles. The van der Waals surface area contributed by atoms with Gasteiger partial charge in [-0.05, 0) is 54.8 Å². The molecule has 0 aliphatic carbocycles. The van der Waals surface area contributed by atoms with Crippen molar-refractivity contribution in [1.82, 2.24) is 9.55 Å². The van der Waals surface area contributed by atoms with Gasteiger partial charge in [-0.3, -0.25) is 4.79 Å². The number of imidazole rings is 1. The normalized spacial score (nSPS) is 10.9. The smallest absolute Gasteiger partial charge is 0.248 e. The molecular formula is C24H27N3O3. The minimum atomic E-state index is -0.196. The van der Waals surface area contributed by atoms with Crippen molar-refractivity contribution in [3.05, 3.63) is 77.9 Å². The van der Waals surface area contributed by atoms with E-state index in [4.69, 9.17) is 9.47 Å². The van der Waals surface area contributed by atoms with Gasteiger partial charge in [0.05, 0.1) is 13.7 Å². The van der Waals surface area contributed by atoms with Gasteiger partial charge in [0.25, 0.3) is 0 Å². The molecule has 0 unspecified atom stereocenters. The lowest BCUT2D eigenvalue weighted by molar-refractivity contribution is -0.111. The highest BCUT2D eigenvalue weighted by molar-refractivity contribution is 6.01. The van der Waals surface area contributed by atoms with Crippen molar-refractivity contribution in [3.63, 3.8) is 0 Å². The monoisotopic (exact) mass is 405 g/mol. The zero-order valence-corrected chi connectivity index (χ0v) is 17.6. The van der Waals surface area contributed by atoms with Crippen molar-refractivity contribution < 1.29 is 14.3 Å². The second kappa shape index (κ2) is 10.3. The van der Waals surface area contributed by atoms with Crippen molar-refractivity contribution in [3.8, 4) is 11.5 Å². The highest BCUT2D eigenvalue weighted by Gasteiger charge is 2.05. The van der Waals surface area contributed by atoms with E-state index in [1.54, 1.807) is 19.4 Å². The van der Waals surface area contributed by atoms with E-state index in [2.05, 4.69) is 21.8 Å². The molecule has 0 radical (unpaired) electrons. The van der Waals surface area contributed by atoms with Crippen molar-refractivity contribution in [2.75, 3.05) is 19.0 Å². The molecule has 1 aromatic heterocycles. The molecule has 6 nitrogen and oxygen atoms in total. The van der Waals surface area contributed by atoms with Gasteiger partial charge in [0.1, 0.15) is 5.82 Å². The molecule has 0 fully saturated rings. The van der Waals surface area contributed by atoms with Gasteiger partial charge < -0.3 is 19.4 Å². The number of aryl methyl sites for hydroxylation is 1. The van der Waals surface area contributed by atoms with Crippen LogP contribution in [-0.4, -0.2) is 29.2 Å². The largest absolute Gasteiger partial charge is 0.493 e. The number of carbonyl (C=O) groups is 1. The molecule has 156 valence electrons. The Bertz CT molecular complexity index is 1010. The van der Waals surface area contributed by atoms with Gasteiger partial charge in [-0.2, -0.15) is 0 Å². The Morgan fingerprint density at radius 2 is 1.97 bits per heavy atom. The van der Waals surface area contributed by atoms with E-state index in [0.717, 1.165) is 35.6 Å². The number of ether oxygens (including phenoxy) is 2. The third-order valence-corrected chi connectivity index (χ3v) is 4.57. The first-order valence-corrected chi connectivity index (χ1v) is 9.95. The lowest BCUT2D eigenvalue weighted by Crippen LogP contribution is -2.08. The second-order valence-corrected chi connectivity index (χ2v) is 6.88. The molecule has 1 N–H and O–H groups in total. The average Bonchev–Trinajstić information content (AvgIpc) is 3.16. The van der Waals surface area contributed by atoms with Crippen molar-refractivity contribution >= 4 is 17.7 Å². The molecule has 3 aromatic rings. The molecule has 1 heterocycles. The van der Waals surface area contributed by atoms with Gasteiger partial charge >= 0.3 is 0 Å². The predicted molar refractivity (Wildman–Crippen MR) is 119 cm³/mol. The molecule has 0 aliphatic rings. The molecule has 1 amide bonds. The van der Waals surface area contributed by atoms with Crippen LogP contribution >= 0.6 is 0 Å². The first kappa shape index (κ1) is 21.2. The standard InChI is InChI=1S/C24H27N3O3/c1-4-15-30-22-11-7-19(16-23(22)29-3)8-12-24(28)26-21-9-5-20(6-10-21)17-27-14-13-25-18(27)2/h5-14,16H,4,15,17H2,1-3H3,(H,26,28)/b12-8+. The maximum Gasteiger partial charge on any atom is 0.248 e. The number of carbonyl (C=O) groups excluding carboxylic acids is 1. The summed E-state index contributed by atoms with van der Waals surface area (Å²) in [5.74, 6) is 2.12. The highest BCUT2D eigenvalue weighted by Crippen LogP contribution is 2.28. The summed E-state index contributed by atoms with van der Waals surface area (Å²) in [5.41, 5.74) is 2.75. The number of rotatable bonds is 9. The lowest BCUT2D eigenvalue weighted by atomic mass is 10.1. The fourth-order valence-corrected chi connectivity index (χ4v) is 2.94. The van der Waals surface area contributed by atoms with E-state index in [0.29, 0.717) is 18.1 Å². The van der Waals surface area contributed by atoms with Crippen molar-refractivity contribution in [2.24, 2.45) is 0 Å². The molecule has 0 bridgehead atoms. The predicted octanol–water partition coefficient (Wildman–Crippen LogP) is 4.69. The van der Waals surface area contributed by atoms with Crippen molar-refractivity contribution in [1.29, 1.82) is 0 Å². The number of aromatic nitrogens is 2. The number of nitrogens with one attached hydrogen (secondary N) is 1. The fraction of sp³-hybridized carbons (Fsp3) is 0.250. The molecule has 2 aromatic carbocycles.